The average molecular weight is 473 g/mol. The van der Waals surface area contributed by atoms with Crippen molar-refractivity contribution in [3.63, 3.8) is 0 Å². The lowest BCUT2D eigenvalue weighted by molar-refractivity contribution is -0.121. The number of benzene rings is 2. The molecule has 0 atom stereocenters. The fourth-order valence-corrected chi connectivity index (χ4v) is 4.62. The van der Waals surface area contributed by atoms with Gasteiger partial charge in [0, 0.05) is 37.2 Å². The number of phenols is 1. The van der Waals surface area contributed by atoms with Gasteiger partial charge < -0.3 is 15.7 Å². The quantitative estimate of drug-likeness (QED) is 0.370. The summed E-state index contributed by atoms with van der Waals surface area (Å²) in [6.45, 7) is 1.36. The number of hydrogen-bond acceptors (Lipinski definition) is 6. The third-order valence-electron chi connectivity index (χ3n) is 5.06. The van der Waals surface area contributed by atoms with E-state index in [-0.39, 0.29) is 22.5 Å². The van der Waals surface area contributed by atoms with E-state index in [0.29, 0.717) is 55.9 Å². The second-order valence-corrected chi connectivity index (χ2v) is 9.30. The highest BCUT2D eigenvalue weighted by Crippen LogP contribution is 2.22. The number of aromatic hydroxyl groups is 1. The molecule has 2 aromatic carbocycles. The lowest BCUT2D eigenvalue weighted by atomic mass is 10.2. The number of amidine groups is 1. The van der Waals surface area contributed by atoms with Gasteiger partial charge in [-0.05, 0) is 49.6 Å². The first-order valence-corrected chi connectivity index (χ1v) is 12.4. The Morgan fingerprint density at radius 3 is 2.55 bits per heavy atom. The summed E-state index contributed by atoms with van der Waals surface area (Å²) in [5.74, 6) is 0.100. The van der Waals surface area contributed by atoms with E-state index < -0.39 is 10.0 Å². The smallest absolute Gasteiger partial charge is 0.263 e. The molecule has 1 aliphatic rings. The van der Waals surface area contributed by atoms with Gasteiger partial charge in [0.15, 0.2) is 0 Å². The van der Waals surface area contributed by atoms with Crippen molar-refractivity contribution < 1.29 is 23.1 Å². The van der Waals surface area contributed by atoms with Crippen molar-refractivity contribution in [1.82, 2.24) is 15.4 Å². The number of nitrogens with one attached hydrogen (secondary N) is 3. The Labute approximate surface area is 193 Å². The van der Waals surface area contributed by atoms with Gasteiger partial charge in [-0.3, -0.25) is 19.3 Å². The number of fused-ring (bicyclic) bond motifs is 1. The van der Waals surface area contributed by atoms with Crippen LogP contribution in [0.5, 0.6) is 5.75 Å². The first kappa shape index (κ1) is 24.2. The fraction of sp³-hybridized carbons (Fsp3) is 0.348. The molecule has 0 fully saturated rings. The Bertz CT molecular complexity index is 1130. The minimum Gasteiger partial charge on any atom is -0.508 e. The molecule has 1 heterocycles. The molecular weight excluding hydrogens is 444 g/mol. The number of phenolic OH excluding ortho intramolecular Hbond substituents is 1. The Kier molecular flexibility index (Phi) is 8.42. The number of aliphatic imine (C=N–C) groups is 1. The Morgan fingerprint density at radius 2 is 1.73 bits per heavy atom. The predicted octanol–water partition coefficient (Wildman–Crippen LogP) is 1.93. The van der Waals surface area contributed by atoms with Gasteiger partial charge >= 0.3 is 0 Å². The minimum absolute atomic E-state index is 0.0378. The molecule has 0 spiro atoms. The molecule has 33 heavy (non-hydrogen) atoms. The summed E-state index contributed by atoms with van der Waals surface area (Å²) in [6.07, 6.45) is 3.28. The van der Waals surface area contributed by atoms with Crippen molar-refractivity contribution in [2.45, 2.75) is 37.0 Å². The summed E-state index contributed by atoms with van der Waals surface area (Å²) < 4.78 is 26.6. The number of unbranched alkanes of at least 4 members (excludes halogenated alkanes) is 2. The molecule has 0 radical (unpaired) electrons. The molecule has 0 aliphatic carbocycles. The topological polar surface area (TPSA) is 137 Å². The molecule has 0 unspecified atom stereocenters. The van der Waals surface area contributed by atoms with Gasteiger partial charge in [0.1, 0.15) is 11.6 Å². The van der Waals surface area contributed by atoms with Gasteiger partial charge in [-0.2, -0.15) is 0 Å². The monoisotopic (exact) mass is 472 g/mol. The van der Waals surface area contributed by atoms with Crippen LogP contribution in [0, 0.1) is 0 Å². The van der Waals surface area contributed by atoms with Crippen molar-refractivity contribution in [3.8, 4) is 5.75 Å². The Hall–Kier alpha value is -3.40. The van der Waals surface area contributed by atoms with E-state index >= 15 is 0 Å². The van der Waals surface area contributed by atoms with Crippen molar-refractivity contribution in [1.29, 1.82) is 0 Å². The van der Waals surface area contributed by atoms with Gasteiger partial charge in [-0.15, -0.1) is 0 Å². The van der Waals surface area contributed by atoms with Crippen molar-refractivity contribution in [3.05, 3.63) is 59.7 Å². The summed E-state index contributed by atoms with van der Waals surface area (Å²) in [5, 5.41) is 15.0. The molecule has 10 heteroatoms. The summed E-state index contributed by atoms with van der Waals surface area (Å²) in [4.78, 5) is 28.5. The van der Waals surface area contributed by atoms with Crippen molar-refractivity contribution in [2.75, 3.05) is 19.6 Å². The van der Waals surface area contributed by atoms with Crippen LogP contribution in [0.25, 0.3) is 0 Å². The van der Waals surface area contributed by atoms with Crippen LogP contribution < -0.4 is 15.4 Å². The molecule has 176 valence electrons. The highest BCUT2D eigenvalue weighted by atomic mass is 32.2. The van der Waals surface area contributed by atoms with Crippen LogP contribution >= 0.6 is 0 Å². The number of nitrogens with zero attached hydrogens (tertiary/aromatic N) is 1. The molecular formula is C23H28N4O5S. The lowest BCUT2D eigenvalue weighted by Crippen LogP contribution is -2.29. The standard InChI is InChI=1S/C23H28N4O5S/c28-18-9-6-8-17(16-18)23(30)26-15-7-14-24-21(29)12-2-1-5-13-25-22-19-10-3-4-11-20(19)33(31,32)27-22/h3-4,6,8-11,16,28H,1-2,5,7,12-15H2,(H,24,29)(H,25,27)(H,26,30). The first-order chi connectivity index (χ1) is 15.9. The molecule has 1 aliphatic heterocycles. The molecule has 3 rings (SSSR count). The highest BCUT2D eigenvalue weighted by Gasteiger charge is 2.29. The largest absolute Gasteiger partial charge is 0.508 e. The van der Waals surface area contributed by atoms with E-state index in [4.69, 9.17) is 0 Å². The number of sulfonamides is 1. The van der Waals surface area contributed by atoms with Crippen molar-refractivity contribution >= 4 is 27.7 Å². The van der Waals surface area contributed by atoms with E-state index in [9.17, 15) is 23.1 Å². The van der Waals surface area contributed by atoms with E-state index in [1.54, 1.807) is 36.4 Å². The first-order valence-electron chi connectivity index (χ1n) is 10.9. The molecule has 2 amide bonds. The van der Waals surface area contributed by atoms with Crippen molar-refractivity contribution in [2.24, 2.45) is 4.99 Å². The molecule has 0 saturated carbocycles. The molecule has 4 N–H and O–H groups in total. The van der Waals surface area contributed by atoms with Gasteiger partial charge in [0.25, 0.3) is 15.9 Å². The van der Waals surface area contributed by atoms with Crippen LogP contribution in [0.15, 0.2) is 58.4 Å². The second-order valence-electron chi connectivity index (χ2n) is 7.65. The van der Waals surface area contributed by atoms with Gasteiger partial charge in [-0.25, -0.2) is 8.42 Å². The van der Waals surface area contributed by atoms with Gasteiger partial charge in [-0.1, -0.05) is 24.6 Å². The number of hydrogen-bond donors (Lipinski definition) is 4. The number of amides is 2. The van der Waals surface area contributed by atoms with Crippen LogP contribution in [0.2, 0.25) is 0 Å². The third kappa shape index (κ3) is 7.04. The van der Waals surface area contributed by atoms with E-state index in [1.807, 2.05) is 0 Å². The minimum atomic E-state index is -3.51. The molecule has 9 nitrogen and oxygen atoms in total. The zero-order valence-corrected chi connectivity index (χ0v) is 19.0. The molecule has 0 aromatic heterocycles. The summed E-state index contributed by atoms with van der Waals surface area (Å²) in [6, 6.07) is 12.9. The van der Waals surface area contributed by atoms with Gasteiger partial charge in [0.05, 0.1) is 4.90 Å². The van der Waals surface area contributed by atoms with E-state index in [2.05, 4.69) is 20.3 Å². The number of rotatable bonds is 11. The maximum Gasteiger partial charge on any atom is 0.263 e. The summed E-state index contributed by atoms with van der Waals surface area (Å²) >= 11 is 0. The molecule has 0 bridgehead atoms. The Balaban J connectivity index is 1.24. The average Bonchev–Trinajstić information content (AvgIpc) is 3.06. The molecule has 0 saturated heterocycles. The maximum absolute atomic E-state index is 12.0. The van der Waals surface area contributed by atoms with E-state index in [0.717, 1.165) is 12.8 Å². The predicted molar refractivity (Wildman–Crippen MR) is 125 cm³/mol. The van der Waals surface area contributed by atoms with Crippen LogP contribution in [-0.2, 0) is 14.8 Å². The summed E-state index contributed by atoms with van der Waals surface area (Å²) in [5.41, 5.74) is 0.980. The highest BCUT2D eigenvalue weighted by molar-refractivity contribution is 7.90. The van der Waals surface area contributed by atoms with Gasteiger partial charge in [0.2, 0.25) is 5.91 Å². The van der Waals surface area contributed by atoms with Crippen LogP contribution in [0.1, 0.15) is 48.0 Å². The third-order valence-corrected chi connectivity index (χ3v) is 6.46. The second kappa shape index (κ2) is 11.5. The number of carbonyl (C=O) groups excluding carboxylic acids is 2. The lowest BCUT2D eigenvalue weighted by Gasteiger charge is -2.07. The normalized spacial score (nSPS) is 15.0. The van der Waals surface area contributed by atoms with Crippen LogP contribution in [-0.4, -0.2) is 50.8 Å². The maximum atomic E-state index is 12.0. The Morgan fingerprint density at radius 1 is 0.939 bits per heavy atom. The fourth-order valence-electron chi connectivity index (χ4n) is 3.37. The van der Waals surface area contributed by atoms with Crippen LogP contribution in [0.4, 0.5) is 0 Å². The van der Waals surface area contributed by atoms with Crippen LogP contribution in [0.3, 0.4) is 0 Å². The zero-order valence-electron chi connectivity index (χ0n) is 18.2. The number of carbonyl (C=O) groups is 2. The van der Waals surface area contributed by atoms with E-state index in [1.165, 1.54) is 12.1 Å². The SMILES string of the molecule is O=C(CCCCCN=C1NS(=O)(=O)c2ccccc21)NCCCNC(=O)c1cccc(O)c1. The zero-order chi connectivity index (χ0) is 23.7. The molecule has 2 aromatic rings. The summed E-state index contributed by atoms with van der Waals surface area (Å²) in [7, 11) is -3.51.